The molecular weight excluding hydrogens is 310 g/mol. The number of carbonyl (C=O) groups is 2. The molecule has 1 aliphatic heterocycles. The number of ether oxygens (including phenoxy) is 1. The van der Waals surface area contributed by atoms with Crippen LogP contribution in [0.15, 0.2) is 24.3 Å². The Balaban J connectivity index is 2.05. The van der Waals surface area contributed by atoms with E-state index in [1.807, 2.05) is 20.8 Å². The topological polar surface area (TPSA) is 82.1 Å². The van der Waals surface area contributed by atoms with Crippen LogP contribution in [0.1, 0.15) is 20.8 Å². The molecule has 1 atom stereocenters. The fourth-order valence-corrected chi connectivity index (χ4v) is 2.81. The summed E-state index contributed by atoms with van der Waals surface area (Å²) in [7, 11) is 1.59. The Morgan fingerprint density at radius 1 is 1.21 bits per heavy atom. The molecule has 1 fully saturated rings. The number of carbonyl (C=O) groups excluding carboxylic acids is 1. The van der Waals surface area contributed by atoms with Gasteiger partial charge in [0.2, 0.25) is 0 Å². The Labute approximate surface area is 142 Å². The number of nitrogens with one attached hydrogen (secondary N) is 1. The van der Waals surface area contributed by atoms with Crippen LogP contribution in [0.25, 0.3) is 0 Å². The van der Waals surface area contributed by atoms with Crippen molar-refractivity contribution in [1.29, 1.82) is 0 Å². The largest absolute Gasteiger partial charge is 0.497 e. The average Bonchev–Trinajstić information content (AvgIpc) is 2.54. The Morgan fingerprint density at radius 2 is 1.83 bits per heavy atom. The van der Waals surface area contributed by atoms with Gasteiger partial charge in [0.05, 0.1) is 13.2 Å². The third-order valence-corrected chi connectivity index (χ3v) is 4.25. The van der Waals surface area contributed by atoms with Crippen LogP contribution >= 0.6 is 0 Å². The summed E-state index contributed by atoms with van der Waals surface area (Å²) < 4.78 is 5.09. The van der Waals surface area contributed by atoms with Crippen molar-refractivity contribution in [2.75, 3.05) is 32.1 Å². The first-order valence-corrected chi connectivity index (χ1v) is 7.92. The van der Waals surface area contributed by atoms with E-state index in [-0.39, 0.29) is 17.5 Å². The maximum Gasteiger partial charge on any atom is 0.407 e. The molecule has 132 valence electrons. The molecule has 1 saturated heterocycles. The molecule has 24 heavy (non-hydrogen) atoms. The number of amides is 3. The molecule has 0 aromatic heterocycles. The third-order valence-electron chi connectivity index (χ3n) is 4.25. The monoisotopic (exact) mass is 335 g/mol. The van der Waals surface area contributed by atoms with Crippen LogP contribution in [0, 0.1) is 5.41 Å². The lowest BCUT2D eigenvalue weighted by molar-refractivity contribution is 0.0355. The Morgan fingerprint density at radius 3 is 2.33 bits per heavy atom. The van der Waals surface area contributed by atoms with Crippen LogP contribution in [0.5, 0.6) is 5.75 Å². The molecule has 7 nitrogen and oxygen atoms in total. The summed E-state index contributed by atoms with van der Waals surface area (Å²) >= 11 is 0. The van der Waals surface area contributed by atoms with Crippen LogP contribution < -0.4 is 10.1 Å². The van der Waals surface area contributed by atoms with E-state index in [0.29, 0.717) is 25.3 Å². The van der Waals surface area contributed by atoms with Gasteiger partial charge in [-0.1, -0.05) is 20.8 Å². The lowest BCUT2D eigenvalue weighted by atomic mass is 9.84. The maximum atomic E-state index is 12.5. The number of hydrogen-bond acceptors (Lipinski definition) is 3. The van der Waals surface area contributed by atoms with Gasteiger partial charge < -0.3 is 25.0 Å². The van der Waals surface area contributed by atoms with E-state index < -0.39 is 6.09 Å². The summed E-state index contributed by atoms with van der Waals surface area (Å²) in [6.45, 7) is 7.02. The SMILES string of the molecule is COc1ccc(NC(=O)N2CCN(C(=O)O)C(C(C)(C)C)C2)cc1. The van der Waals surface area contributed by atoms with Crippen molar-refractivity contribution in [1.82, 2.24) is 9.80 Å². The first-order chi connectivity index (χ1) is 11.2. The first kappa shape index (κ1) is 17.9. The molecule has 0 radical (unpaired) electrons. The zero-order chi connectivity index (χ0) is 17.9. The van der Waals surface area contributed by atoms with Crippen molar-refractivity contribution in [2.45, 2.75) is 26.8 Å². The molecule has 0 bridgehead atoms. The highest BCUT2D eigenvalue weighted by molar-refractivity contribution is 5.89. The number of methoxy groups -OCH3 is 1. The zero-order valence-electron chi connectivity index (χ0n) is 14.6. The second kappa shape index (κ2) is 6.98. The number of piperazine rings is 1. The van der Waals surface area contributed by atoms with Crippen molar-refractivity contribution in [3.63, 3.8) is 0 Å². The van der Waals surface area contributed by atoms with Crippen molar-refractivity contribution in [3.05, 3.63) is 24.3 Å². The molecule has 2 N–H and O–H groups in total. The van der Waals surface area contributed by atoms with Gasteiger partial charge in [-0.25, -0.2) is 9.59 Å². The molecule has 3 amide bonds. The predicted octanol–water partition coefficient (Wildman–Crippen LogP) is 2.94. The molecule has 7 heteroatoms. The molecule has 0 saturated carbocycles. The van der Waals surface area contributed by atoms with Gasteiger partial charge in [-0.15, -0.1) is 0 Å². The zero-order valence-corrected chi connectivity index (χ0v) is 14.6. The fraction of sp³-hybridized carbons (Fsp3) is 0.529. The number of anilines is 1. The molecule has 0 aliphatic carbocycles. The summed E-state index contributed by atoms with van der Waals surface area (Å²) in [5.74, 6) is 0.718. The molecule has 1 aromatic rings. The molecule has 1 heterocycles. The van der Waals surface area contributed by atoms with Gasteiger partial charge in [-0.3, -0.25) is 0 Å². The van der Waals surface area contributed by atoms with Crippen molar-refractivity contribution in [2.24, 2.45) is 5.41 Å². The number of hydrogen-bond donors (Lipinski definition) is 2. The minimum Gasteiger partial charge on any atom is -0.497 e. The number of rotatable bonds is 2. The quantitative estimate of drug-likeness (QED) is 0.870. The summed E-state index contributed by atoms with van der Waals surface area (Å²) in [6, 6.07) is 6.62. The van der Waals surface area contributed by atoms with E-state index in [9.17, 15) is 14.7 Å². The fourth-order valence-electron chi connectivity index (χ4n) is 2.81. The van der Waals surface area contributed by atoms with Crippen molar-refractivity contribution in [3.8, 4) is 5.75 Å². The normalized spacial score (nSPS) is 18.2. The molecule has 1 unspecified atom stereocenters. The van der Waals surface area contributed by atoms with Crippen LogP contribution in [0.4, 0.5) is 15.3 Å². The Bertz CT molecular complexity index is 595. The Hall–Kier alpha value is -2.44. The molecule has 1 aromatic carbocycles. The van der Waals surface area contributed by atoms with E-state index in [4.69, 9.17) is 4.74 Å². The minimum atomic E-state index is -0.940. The van der Waals surface area contributed by atoms with Gasteiger partial charge in [0, 0.05) is 25.3 Å². The highest BCUT2D eigenvalue weighted by Crippen LogP contribution is 2.28. The van der Waals surface area contributed by atoms with Gasteiger partial charge >= 0.3 is 12.1 Å². The summed E-state index contributed by atoms with van der Waals surface area (Å²) in [5, 5.41) is 12.2. The smallest absolute Gasteiger partial charge is 0.407 e. The summed E-state index contributed by atoms with van der Waals surface area (Å²) in [5.41, 5.74) is 0.422. The van der Waals surface area contributed by atoms with Crippen LogP contribution in [0.2, 0.25) is 0 Å². The van der Waals surface area contributed by atoms with Crippen LogP contribution in [-0.2, 0) is 0 Å². The highest BCUT2D eigenvalue weighted by Gasteiger charge is 2.39. The molecule has 1 aliphatic rings. The summed E-state index contributed by atoms with van der Waals surface area (Å²) in [4.78, 5) is 27.0. The van der Waals surface area contributed by atoms with Gasteiger partial charge in [-0.05, 0) is 29.7 Å². The first-order valence-electron chi connectivity index (χ1n) is 7.92. The molecular formula is C17H25N3O4. The lowest BCUT2D eigenvalue weighted by Crippen LogP contribution is -2.61. The van der Waals surface area contributed by atoms with E-state index in [1.165, 1.54) is 4.90 Å². The van der Waals surface area contributed by atoms with Gasteiger partial charge in [0.25, 0.3) is 0 Å². The maximum absolute atomic E-state index is 12.5. The second-order valence-corrected chi connectivity index (χ2v) is 6.96. The number of urea groups is 1. The highest BCUT2D eigenvalue weighted by atomic mass is 16.5. The minimum absolute atomic E-state index is 0.223. The molecule has 0 spiro atoms. The van der Waals surface area contributed by atoms with E-state index in [2.05, 4.69) is 5.32 Å². The van der Waals surface area contributed by atoms with Gasteiger partial charge in [0.15, 0.2) is 0 Å². The van der Waals surface area contributed by atoms with E-state index >= 15 is 0 Å². The van der Waals surface area contributed by atoms with E-state index in [0.717, 1.165) is 5.75 Å². The lowest BCUT2D eigenvalue weighted by Gasteiger charge is -2.45. The molecule has 2 rings (SSSR count). The third kappa shape index (κ3) is 4.10. The van der Waals surface area contributed by atoms with E-state index in [1.54, 1.807) is 36.3 Å². The van der Waals surface area contributed by atoms with Crippen LogP contribution in [-0.4, -0.2) is 59.8 Å². The standard InChI is InChI=1S/C17H25N3O4/c1-17(2,3)14-11-19(9-10-20(14)16(22)23)15(21)18-12-5-7-13(24-4)8-6-12/h5-8,14H,9-11H2,1-4H3,(H,18,21)(H,22,23). The van der Waals surface area contributed by atoms with Gasteiger partial charge in [-0.2, -0.15) is 0 Å². The van der Waals surface area contributed by atoms with Crippen LogP contribution in [0.3, 0.4) is 0 Å². The summed E-state index contributed by atoms with van der Waals surface area (Å²) in [6.07, 6.45) is -0.940. The Kier molecular flexibility index (Phi) is 5.21. The number of nitrogens with zero attached hydrogens (tertiary/aromatic N) is 2. The second-order valence-electron chi connectivity index (χ2n) is 6.96. The number of benzene rings is 1. The van der Waals surface area contributed by atoms with Gasteiger partial charge in [0.1, 0.15) is 5.75 Å². The predicted molar refractivity (Wildman–Crippen MR) is 91.6 cm³/mol. The van der Waals surface area contributed by atoms with Crippen molar-refractivity contribution < 1.29 is 19.4 Å². The number of carboxylic acid groups (broad SMARTS) is 1. The average molecular weight is 335 g/mol. The van der Waals surface area contributed by atoms with Crippen molar-refractivity contribution >= 4 is 17.8 Å².